The predicted octanol–water partition coefficient (Wildman–Crippen LogP) is 19.9. The molecule has 0 amide bonds. The molecule has 5 heterocycles. The number of aryl methyl sites for hydroxylation is 4. The number of rotatable bonds is 13. The average Bonchev–Trinajstić information content (AvgIpc) is 4.57. The van der Waals surface area contributed by atoms with E-state index in [0.29, 0.717) is 0 Å². The van der Waals surface area contributed by atoms with E-state index in [4.69, 9.17) is 28.0 Å². The Hall–Kier alpha value is -10.2. The summed E-state index contributed by atoms with van der Waals surface area (Å²) >= 11 is 0. The van der Waals surface area contributed by atoms with Crippen LogP contribution in [0.1, 0.15) is 35.1 Å². The highest BCUT2D eigenvalue weighted by Crippen LogP contribution is 2.39. The molecule has 0 atom stereocenters. The lowest BCUT2D eigenvalue weighted by atomic mass is 9.98. The number of para-hydroxylation sites is 2. The Morgan fingerprint density at radius 1 is 0.272 bits per heavy atom. The van der Waals surface area contributed by atoms with Crippen LogP contribution in [0.4, 0.5) is 0 Å². The van der Waals surface area contributed by atoms with Gasteiger partial charge in [0.2, 0.25) is 0 Å². The molecule has 7 nitrogen and oxygen atoms in total. The van der Waals surface area contributed by atoms with Gasteiger partial charge in [-0.25, -0.2) is 4.68 Å². The van der Waals surface area contributed by atoms with Gasteiger partial charge in [0.25, 0.3) is 0 Å². The molecule has 16 rings (SSSR count). The molecule has 0 aliphatic heterocycles. The molecule has 0 saturated carbocycles. The van der Waals surface area contributed by atoms with Gasteiger partial charge < -0.3 is 17.7 Å². The smallest absolute Gasteiger partial charge is 0.135 e. The van der Waals surface area contributed by atoms with E-state index in [1.54, 1.807) is 0 Å². The highest BCUT2D eigenvalue weighted by Gasteiger charge is 2.20. The first-order chi connectivity index (χ1) is 40.1. The fourth-order valence-corrected chi connectivity index (χ4v) is 12.3. The molecule has 0 bridgehead atoms. The largest absolute Gasteiger partial charge is 0.456 e. The molecule has 0 radical (unpaired) electrons. The molecule has 386 valence electrons. The number of furan rings is 4. The predicted molar refractivity (Wildman–Crippen MR) is 329 cm³/mol. The lowest BCUT2D eigenvalue weighted by Gasteiger charge is -2.10. The second-order valence-electron chi connectivity index (χ2n) is 21.5. The van der Waals surface area contributed by atoms with Crippen LogP contribution in [0.5, 0.6) is 0 Å². The van der Waals surface area contributed by atoms with E-state index in [1.807, 2.05) is 28.9 Å². The van der Waals surface area contributed by atoms with Gasteiger partial charge in [-0.1, -0.05) is 145 Å². The summed E-state index contributed by atoms with van der Waals surface area (Å²) in [6.07, 6.45) is 5.90. The number of aromatic nitrogens is 3. The van der Waals surface area contributed by atoms with E-state index in [-0.39, 0.29) is 0 Å². The van der Waals surface area contributed by atoms with Gasteiger partial charge in [-0.2, -0.15) is 0 Å². The molecule has 0 saturated heterocycles. The minimum Gasteiger partial charge on any atom is -0.456 e. The van der Waals surface area contributed by atoms with E-state index in [1.165, 1.54) is 22.3 Å². The van der Waals surface area contributed by atoms with Crippen LogP contribution in [0.3, 0.4) is 0 Å². The van der Waals surface area contributed by atoms with Crippen LogP contribution in [0.25, 0.3) is 138 Å². The molecule has 0 fully saturated rings. The Labute approximate surface area is 465 Å². The molecule has 16 aromatic rings. The number of hydrogen-bond acceptors (Lipinski definition) is 6. The second kappa shape index (κ2) is 19.3. The number of benzene rings is 11. The van der Waals surface area contributed by atoms with Crippen LogP contribution in [-0.4, -0.2) is 15.0 Å². The molecule has 0 spiro atoms. The molecule has 0 aliphatic carbocycles. The van der Waals surface area contributed by atoms with E-state index in [9.17, 15) is 0 Å². The average molecular weight is 1050 g/mol. The van der Waals surface area contributed by atoms with Crippen molar-refractivity contribution in [3.05, 3.63) is 259 Å². The summed E-state index contributed by atoms with van der Waals surface area (Å²) in [6.45, 7) is 0. The second-order valence-corrected chi connectivity index (χ2v) is 21.5. The van der Waals surface area contributed by atoms with Crippen LogP contribution in [0.15, 0.2) is 254 Å². The van der Waals surface area contributed by atoms with Crippen LogP contribution < -0.4 is 0 Å². The molecular weight excluding hydrogens is 995 g/mol. The fourth-order valence-electron chi connectivity index (χ4n) is 12.3. The van der Waals surface area contributed by atoms with Gasteiger partial charge in [-0.3, -0.25) is 0 Å². The molecule has 0 N–H and O–H groups in total. The maximum Gasteiger partial charge on any atom is 0.135 e. The zero-order valence-corrected chi connectivity index (χ0v) is 44.2. The normalized spacial score (nSPS) is 12.0. The first-order valence-corrected chi connectivity index (χ1v) is 28.0. The minimum atomic E-state index is 0.860. The summed E-state index contributed by atoms with van der Waals surface area (Å²) in [6, 6.07) is 83.9. The molecule has 11 aromatic carbocycles. The van der Waals surface area contributed by atoms with Gasteiger partial charge in [-0.15, -0.1) is 5.10 Å². The van der Waals surface area contributed by atoms with Crippen molar-refractivity contribution in [1.29, 1.82) is 0 Å². The van der Waals surface area contributed by atoms with Gasteiger partial charge >= 0.3 is 0 Å². The summed E-state index contributed by atoms with van der Waals surface area (Å²) in [5.74, 6) is 0. The van der Waals surface area contributed by atoms with Crippen LogP contribution in [0, 0.1) is 0 Å². The van der Waals surface area contributed by atoms with E-state index in [2.05, 4.69) is 212 Å². The Morgan fingerprint density at radius 2 is 0.617 bits per heavy atom. The van der Waals surface area contributed by atoms with Crippen molar-refractivity contribution in [2.24, 2.45) is 0 Å². The molecule has 0 aliphatic rings. The maximum atomic E-state index is 6.34. The Balaban J connectivity index is 0.588. The summed E-state index contributed by atoms with van der Waals surface area (Å²) in [5.41, 5.74) is 22.0. The third kappa shape index (κ3) is 8.44. The van der Waals surface area contributed by atoms with Gasteiger partial charge in [-0.05, 0) is 180 Å². The summed E-state index contributed by atoms with van der Waals surface area (Å²) < 4.78 is 26.9. The Morgan fingerprint density at radius 3 is 1.09 bits per heavy atom. The SMILES string of the molecule is c1ccc(-c2c(-c3ccc(CCCc4ccc5oc6ccc(-c7ccc8oc9ccccc9c8c7)cc6c5c4)cc3)nnn2-c2ccc(CCCc3ccc4oc5ccc(-c6ccc7oc8ccccc8c7c6)cc5c4c3)cc2)cc1. The first-order valence-electron chi connectivity index (χ1n) is 28.0. The summed E-state index contributed by atoms with van der Waals surface area (Å²) in [4.78, 5) is 0. The fraction of sp³-hybridized carbons (Fsp3) is 0.0811. The molecule has 7 heteroatoms. The molecule has 81 heavy (non-hydrogen) atoms. The lowest BCUT2D eigenvalue weighted by Crippen LogP contribution is -2.00. The van der Waals surface area contributed by atoms with E-state index in [0.717, 1.165) is 177 Å². The molecular formula is C74H51N3O4. The van der Waals surface area contributed by atoms with Crippen molar-refractivity contribution in [2.45, 2.75) is 38.5 Å². The Kier molecular flexibility index (Phi) is 11.1. The number of fused-ring (bicyclic) bond motifs is 12. The van der Waals surface area contributed by atoms with E-state index >= 15 is 0 Å². The van der Waals surface area contributed by atoms with Crippen molar-refractivity contribution in [1.82, 2.24) is 15.0 Å². The summed E-state index contributed by atoms with van der Waals surface area (Å²) in [7, 11) is 0. The number of nitrogens with zero attached hydrogens (tertiary/aromatic N) is 3. The van der Waals surface area contributed by atoms with Crippen LogP contribution in [-0.2, 0) is 25.7 Å². The van der Waals surface area contributed by atoms with Crippen molar-refractivity contribution in [3.8, 4) is 50.5 Å². The first kappa shape index (κ1) is 46.8. The molecule has 0 unspecified atom stereocenters. The monoisotopic (exact) mass is 1050 g/mol. The quantitative estimate of drug-likeness (QED) is 0.114. The van der Waals surface area contributed by atoms with Crippen molar-refractivity contribution < 1.29 is 17.7 Å². The lowest BCUT2D eigenvalue weighted by molar-refractivity contribution is 0.668. The zero-order chi connectivity index (χ0) is 53.4. The standard InChI is InChI=1S/C74H51N3O4/c1-2-14-51(15-3-1)74-73(50-26-20-46(21-27-50)10-8-12-48-24-34-67-59(40-48)63-44-54(30-38-71(63)80-67)52-28-36-69-61(42-52)57-16-4-6-18-65(57)78-69)75-76-77(74)56-32-22-47(23-33-56)11-9-13-49-25-35-68-60(41-49)64-45-55(31-39-72(64)81-68)53-29-37-70-62(43-53)58-17-5-7-19-66(58)79-70/h1-7,14-45H,8-13H2. The van der Waals surface area contributed by atoms with Crippen LogP contribution >= 0.6 is 0 Å². The third-order valence-corrected chi connectivity index (χ3v) is 16.5. The number of hydrogen-bond donors (Lipinski definition) is 0. The van der Waals surface area contributed by atoms with Crippen molar-refractivity contribution >= 4 is 87.8 Å². The highest BCUT2D eigenvalue weighted by atomic mass is 16.3. The molecule has 5 aromatic heterocycles. The van der Waals surface area contributed by atoms with E-state index < -0.39 is 0 Å². The maximum absolute atomic E-state index is 6.34. The highest BCUT2D eigenvalue weighted by molar-refractivity contribution is 6.10. The topological polar surface area (TPSA) is 83.3 Å². The van der Waals surface area contributed by atoms with Crippen LogP contribution in [0.2, 0.25) is 0 Å². The van der Waals surface area contributed by atoms with Gasteiger partial charge in [0.05, 0.1) is 5.69 Å². The summed E-state index contributed by atoms with van der Waals surface area (Å²) in [5, 5.41) is 18.7. The zero-order valence-electron chi connectivity index (χ0n) is 44.2. The third-order valence-electron chi connectivity index (χ3n) is 16.5. The minimum absolute atomic E-state index is 0.860. The van der Waals surface area contributed by atoms with Gasteiger partial charge in [0.15, 0.2) is 0 Å². The van der Waals surface area contributed by atoms with Gasteiger partial charge in [0, 0.05) is 54.2 Å². The Bertz CT molecular complexity index is 4760. The van der Waals surface area contributed by atoms with Crippen molar-refractivity contribution in [2.75, 3.05) is 0 Å². The van der Waals surface area contributed by atoms with Gasteiger partial charge in [0.1, 0.15) is 56.1 Å². The van der Waals surface area contributed by atoms with Crippen molar-refractivity contribution in [3.63, 3.8) is 0 Å².